The number of sulfone groups is 1. The van der Waals surface area contributed by atoms with Gasteiger partial charge in [-0.3, -0.25) is 4.79 Å². The van der Waals surface area contributed by atoms with Gasteiger partial charge in [0, 0.05) is 19.3 Å². The first kappa shape index (κ1) is 21.7. The molecule has 0 radical (unpaired) electrons. The molecule has 1 saturated heterocycles. The lowest BCUT2D eigenvalue weighted by Crippen LogP contribution is -2.47. The van der Waals surface area contributed by atoms with E-state index < -0.39 is 15.9 Å². The minimum atomic E-state index is -3.09. The lowest BCUT2D eigenvalue weighted by Gasteiger charge is -2.33. The fourth-order valence-corrected chi connectivity index (χ4v) is 4.11. The van der Waals surface area contributed by atoms with E-state index in [2.05, 4.69) is 12.1 Å². The molecule has 1 aromatic carbocycles. The quantitative estimate of drug-likeness (QED) is 0.690. The fraction of sp³-hybridized carbons (Fsp3) is 0.650. The Balaban J connectivity index is 1.72. The second-order valence-electron chi connectivity index (χ2n) is 7.41. The van der Waals surface area contributed by atoms with Crippen LogP contribution in [0.15, 0.2) is 24.3 Å². The first-order valence-corrected chi connectivity index (χ1v) is 11.8. The molecule has 1 atom stereocenters. The van der Waals surface area contributed by atoms with Crippen LogP contribution in [0.5, 0.6) is 5.75 Å². The standard InChI is InChI=1S/C20H32N2O4S/c1-3-26-18-8-6-16(7-9-18)4-5-17-10-13-22(14-11-17)20(23)19(21)12-15-27(2,24)25/h6-9,17,19H,3-5,10-15,21H2,1-2H3. The average molecular weight is 397 g/mol. The first-order valence-electron chi connectivity index (χ1n) is 9.72. The summed E-state index contributed by atoms with van der Waals surface area (Å²) >= 11 is 0. The number of carbonyl (C=O) groups excluding carboxylic acids is 1. The summed E-state index contributed by atoms with van der Waals surface area (Å²) in [4.78, 5) is 14.2. The maximum atomic E-state index is 12.4. The van der Waals surface area contributed by atoms with Crippen LogP contribution in [0.2, 0.25) is 0 Å². The van der Waals surface area contributed by atoms with E-state index in [0.29, 0.717) is 25.6 Å². The lowest BCUT2D eigenvalue weighted by molar-refractivity contribution is -0.134. The van der Waals surface area contributed by atoms with Crippen molar-refractivity contribution in [1.82, 2.24) is 4.90 Å². The highest BCUT2D eigenvalue weighted by Gasteiger charge is 2.26. The van der Waals surface area contributed by atoms with Crippen LogP contribution in [-0.4, -0.2) is 57.0 Å². The number of likely N-dealkylation sites (tertiary alicyclic amines) is 1. The van der Waals surface area contributed by atoms with Gasteiger partial charge in [-0.25, -0.2) is 8.42 Å². The van der Waals surface area contributed by atoms with Crippen molar-refractivity contribution in [1.29, 1.82) is 0 Å². The van der Waals surface area contributed by atoms with Gasteiger partial charge in [0.2, 0.25) is 5.91 Å². The summed E-state index contributed by atoms with van der Waals surface area (Å²) in [5, 5.41) is 0. The molecule has 0 saturated carbocycles. The van der Waals surface area contributed by atoms with Crippen LogP contribution >= 0.6 is 0 Å². The Morgan fingerprint density at radius 2 is 1.89 bits per heavy atom. The van der Waals surface area contributed by atoms with E-state index in [1.165, 1.54) is 11.8 Å². The van der Waals surface area contributed by atoms with Crippen LogP contribution in [0.25, 0.3) is 0 Å². The van der Waals surface area contributed by atoms with Gasteiger partial charge in [-0.05, 0) is 62.6 Å². The highest BCUT2D eigenvalue weighted by atomic mass is 32.2. The highest BCUT2D eigenvalue weighted by molar-refractivity contribution is 7.90. The van der Waals surface area contributed by atoms with Crippen LogP contribution in [0, 0.1) is 5.92 Å². The molecule has 0 bridgehead atoms. The van der Waals surface area contributed by atoms with Crippen LogP contribution in [-0.2, 0) is 21.1 Å². The lowest BCUT2D eigenvalue weighted by atomic mass is 9.90. The summed E-state index contributed by atoms with van der Waals surface area (Å²) in [6.07, 6.45) is 5.44. The van der Waals surface area contributed by atoms with Gasteiger partial charge in [-0.1, -0.05) is 12.1 Å². The number of hydrogen-bond acceptors (Lipinski definition) is 5. The van der Waals surface area contributed by atoms with Gasteiger partial charge in [-0.2, -0.15) is 0 Å². The second-order valence-corrected chi connectivity index (χ2v) is 9.67. The maximum absolute atomic E-state index is 12.4. The number of carbonyl (C=O) groups is 1. The molecule has 0 aliphatic carbocycles. The molecule has 0 aromatic heterocycles. The fourth-order valence-electron chi connectivity index (χ4n) is 3.43. The number of hydrogen-bond donors (Lipinski definition) is 1. The Hall–Kier alpha value is -1.60. The van der Waals surface area contributed by atoms with E-state index in [9.17, 15) is 13.2 Å². The molecule has 152 valence electrons. The summed E-state index contributed by atoms with van der Waals surface area (Å²) in [6, 6.07) is 7.53. The number of nitrogens with zero attached hydrogens (tertiary/aromatic N) is 1. The second kappa shape index (κ2) is 10.1. The monoisotopic (exact) mass is 396 g/mol. The molecule has 1 fully saturated rings. The summed E-state index contributed by atoms with van der Waals surface area (Å²) < 4.78 is 27.9. The Morgan fingerprint density at radius 3 is 2.44 bits per heavy atom. The molecule has 1 aliphatic heterocycles. The minimum absolute atomic E-state index is 0.0432. The molecule has 1 unspecified atom stereocenters. The van der Waals surface area contributed by atoms with E-state index in [4.69, 9.17) is 10.5 Å². The van der Waals surface area contributed by atoms with Gasteiger partial charge >= 0.3 is 0 Å². The van der Waals surface area contributed by atoms with Gasteiger partial charge < -0.3 is 15.4 Å². The SMILES string of the molecule is CCOc1ccc(CCC2CCN(C(=O)C(N)CCS(C)(=O)=O)CC2)cc1. The zero-order valence-electron chi connectivity index (χ0n) is 16.4. The summed E-state index contributed by atoms with van der Waals surface area (Å²) in [7, 11) is -3.09. The van der Waals surface area contributed by atoms with Gasteiger partial charge in [0.1, 0.15) is 15.6 Å². The number of piperidine rings is 1. The van der Waals surface area contributed by atoms with Crippen molar-refractivity contribution in [3.8, 4) is 5.75 Å². The number of ether oxygens (including phenoxy) is 1. The highest BCUT2D eigenvalue weighted by Crippen LogP contribution is 2.23. The average Bonchev–Trinajstić information content (AvgIpc) is 2.65. The van der Waals surface area contributed by atoms with Gasteiger partial charge in [0.05, 0.1) is 18.4 Å². The third kappa shape index (κ3) is 7.50. The third-order valence-corrected chi connectivity index (χ3v) is 6.10. The number of nitrogens with two attached hydrogens (primary N) is 1. The molecule has 7 heteroatoms. The molecule has 1 aromatic rings. The Bertz CT molecular complexity index is 695. The molecule has 2 N–H and O–H groups in total. The van der Waals surface area contributed by atoms with E-state index in [0.717, 1.165) is 31.4 Å². The molecule has 27 heavy (non-hydrogen) atoms. The van der Waals surface area contributed by atoms with E-state index >= 15 is 0 Å². The largest absolute Gasteiger partial charge is 0.494 e. The van der Waals surface area contributed by atoms with Crippen molar-refractivity contribution in [2.45, 2.75) is 45.1 Å². The molecule has 6 nitrogen and oxygen atoms in total. The zero-order valence-corrected chi connectivity index (χ0v) is 17.2. The van der Waals surface area contributed by atoms with Gasteiger partial charge in [-0.15, -0.1) is 0 Å². The predicted molar refractivity (Wildman–Crippen MR) is 108 cm³/mol. The first-order chi connectivity index (χ1) is 12.8. The summed E-state index contributed by atoms with van der Waals surface area (Å²) in [5.41, 5.74) is 7.20. The Kier molecular flexibility index (Phi) is 8.10. The zero-order chi connectivity index (χ0) is 19.9. The van der Waals surface area contributed by atoms with Crippen molar-refractivity contribution < 1.29 is 17.9 Å². The van der Waals surface area contributed by atoms with Crippen molar-refractivity contribution in [3.63, 3.8) is 0 Å². The maximum Gasteiger partial charge on any atom is 0.239 e. The van der Waals surface area contributed by atoms with Crippen LogP contribution in [0.3, 0.4) is 0 Å². The topological polar surface area (TPSA) is 89.7 Å². The van der Waals surface area contributed by atoms with Crippen molar-refractivity contribution >= 4 is 15.7 Å². The molecule has 2 rings (SSSR count). The molecule has 1 aliphatic rings. The number of rotatable bonds is 9. The van der Waals surface area contributed by atoms with E-state index in [-0.39, 0.29) is 18.1 Å². The molecule has 1 amide bonds. The van der Waals surface area contributed by atoms with Crippen molar-refractivity contribution in [2.24, 2.45) is 11.7 Å². The molecule has 1 heterocycles. The number of amides is 1. The van der Waals surface area contributed by atoms with Gasteiger partial charge in [0.15, 0.2) is 0 Å². The molecular weight excluding hydrogens is 364 g/mol. The number of aryl methyl sites for hydroxylation is 1. The van der Waals surface area contributed by atoms with Crippen LogP contribution in [0.1, 0.15) is 38.2 Å². The van der Waals surface area contributed by atoms with Crippen molar-refractivity contribution in [2.75, 3.05) is 31.7 Å². The number of benzene rings is 1. The summed E-state index contributed by atoms with van der Waals surface area (Å²) in [6.45, 7) is 4.07. The van der Waals surface area contributed by atoms with E-state index in [1.54, 1.807) is 4.90 Å². The normalized spacial score (nSPS) is 16.9. The van der Waals surface area contributed by atoms with Crippen LogP contribution in [0.4, 0.5) is 0 Å². The smallest absolute Gasteiger partial charge is 0.239 e. The van der Waals surface area contributed by atoms with Crippen LogP contribution < -0.4 is 10.5 Å². The molecular formula is C20H32N2O4S. The summed E-state index contributed by atoms with van der Waals surface area (Å²) in [5.74, 6) is 1.34. The Morgan fingerprint density at radius 1 is 1.26 bits per heavy atom. The predicted octanol–water partition coefficient (Wildman–Crippen LogP) is 2.02. The molecule has 0 spiro atoms. The Labute approximate surface area is 163 Å². The van der Waals surface area contributed by atoms with Gasteiger partial charge in [0.25, 0.3) is 0 Å². The minimum Gasteiger partial charge on any atom is -0.494 e. The van der Waals surface area contributed by atoms with E-state index in [1.807, 2.05) is 19.1 Å². The van der Waals surface area contributed by atoms with Crippen molar-refractivity contribution in [3.05, 3.63) is 29.8 Å². The third-order valence-electron chi connectivity index (χ3n) is 5.12.